The second kappa shape index (κ2) is 8.68. The van der Waals surface area contributed by atoms with E-state index in [1.54, 1.807) is 19.5 Å². The minimum atomic E-state index is 0.310. The van der Waals surface area contributed by atoms with Gasteiger partial charge in [-0.1, -0.05) is 13.8 Å². The molecule has 1 fully saturated rings. The van der Waals surface area contributed by atoms with Crippen LogP contribution in [0.15, 0.2) is 42.9 Å². The summed E-state index contributed by atoms with van der Waals surface area (Å²) < 4.78 is 7.48. The number of likely N-dealkylation sites (N-methyl/N-ethyl adjacent to an activating group) is 1. The maximum absolute atomic E-state index is 5.55. The molecule has 5 heterocycles. The van der Waals surface area contributed by atoms with E-state index in [-0.39, 0.29) is 0 Å². The van der Waals surface area contributed by atoms with Crippen LogP contribution >= 0.6 is 0 Å². The number of rotatable bonds is 6. The van der Waals surface area contributed by atoms with Gasteiger partial charge < -0.3 is 14.5 Å². The molecule has 34 heavy (non-hydrogen) atoms. The summed E-state index contributed by atoms with van der Waals surface area (Å²) in [5.41, 5.74) is 5.76. The predicted molar refractivity (Wildman–Crippen MR) is 135 cm³/mol. The Kier molecular flexibility index (Phi) is 5.69. The van der Waals surface area contributed by atoms with Crippen molar-refractivity contribution in [2.24, 2.45) is 0 Å². The lowest BCUT2D eigenvalue weighted by molar-refractivity contribution is 0.247. The second-order valence-electron chi connectivity index (χ2n) is 9.44. The van der Waals surface area contributed by atoms with Crippen molar-refractivity contribution in [1.82, 2.24) is 29.6 Å². The Balaban J connectivity index is 1.62. The molecule has 1 saturated heterocycles. The van der Waals surface area contributed by atoms with Gasteiger partial charge in [-0.05, 0) is 45.1 Å². The highest BCUT2D eigenvalue weighted by atomic mass is 16.5. The smallest absolute Gasteiger partial charge is 0.156 e. The number of methoxy groups -OCH3 is 1. The average Bonchev–Trinajstić information content (AvgIpc) is 3.22. The summed E-state index contributed by atoms with van der Waals surface area (Å²) in [5.74, 6) is 1.87. The SMILES string of the molecule is COc1ccncc1-c1cc2c(cnn2-c2cc(N3CC(N(C)C)C3)cc(C(C)C)n2)c(C)n1. The minimum Gasteiger partial charge on any atom is -0.496 e. The molecule has 0 N–H and O–H groups in total. The molecule has 1 aliphatic heterocycles. The molecule has 0 spiro atoms. The topological polar surface area (TPSA) is 72.2 Å². The molecule has 5 rings (SSSR count). The largest absolute Gasteiger partial charge is 0.496 e. The normalized spacial score (nSPS) is 14.3. The molecule has 0 atom stereocenters. The van der Waals surface area contributed by atoms with Gasteiger partial charge in [-0.3, -0.25) is 9.97 Å². The zero-order chi connectivity index (χ0) is 24.0. The number of nitrogens with zero attached hydrogens (tertiary/aromatic N) is 7. The Morgan fingerprint density at radius 1 is 1.09 bits per heavy atom. The number of ether oxygens (including phenoxy) is 1. The molecule has 4 aromatic rings. The first-order valence-electron chi connectivity index (χ1n) is 11.6. The van der Waals surface area contributed by atoms with Crippen LogP contribution < -0.4 is 9.64 Å². The fourth-order valence-corrected chi connectivity index (χ4v) is 4.35. The van der Waals surface area contributed by atoms with E-state index in [4.69, 9.17) is 19.8 Å². The fraction of sp³-hybridized carbons (Fsp3) is 0.385. The van der Waals surface area contributed by atoms with Gasteiger partial charge in [0.15, 0.2) is 5.82 Å². The molecule has 0 unspecified atom stereocenters. The van der Waals surface area contributed by atoms with Gasteiger partial charge in [0.05, 0.1) is 30.1 Å². The first-order chi connectivity index (χ1) is 16.4. The van der Waals surface area contributed by atoms with Gasteiger partial charge in [0, 0.05) is 60.1 Å². The Bertz CT molecular complexity index is 1340. The Morgan fingerprint density at radius 3 is 2.59 bits per heavy atom. The summed E-state index contributed by atoms with van der Waals surface area (Å²) >= 11 is 0. The van der Waals surface area contributed by atoms with Gasteiger partial charge in [0.25, 0.3) is 0 Å². The summed E-state index contributed by atoms with van der Waals surface area (Å²) in [4.78, 5) is 18.8. The van der Waals surface area contributed by atoms with Crippen molar-refractivity contribution >= 4 is 16.6 Å². The molecule has 0 amide bonds. The number of fused-ring (bicyclic) bond motifs is 1. The van der Waals surface area contributed by atoms with E-state index in [9.17, 15) is 0 Å². The second-order valence-corrected chi connectivity index (χ2v) is 9.44. The van der Waals surface area contributed by atoms with Crippen molar-refractivity contribution in [3.05, 3.63) is 54.2 Å². The van der Waals surface area contributed by atoms with Gasteiger partial charge >= 0.3 is 0 Å². The molecule has 0 radical (unpaired) electrons. The van der Waals surface area contributed by atoms with Crippen molar-refractivity contribution in [1.29, 1.82) is 0 Å². The van der Waals surface area contributed by atoms with E-state index >= 15 is 0 Å². The van der Waals surface area contributed by atoms with Gasteiger partial charge in [-0.15, -0.1) is 0 Å². The quantitative estimate of drug-likeness (QED) is 0.432. The lowest BCUT2D eigenvalue weighted by Crippen LogP contribution is -2.57. The van der Waals surface area contributed by atoms with Crippen molar-refractivity contribution in [2.75, 3.05) is 39.2 Å². The standard InChI is InChI=1S/C26H31N7O/c1-16(2)22-9-18(32-14-19(15-32)31(4)5)10-26(30-22)33-24-11-23(29-17(3)20(24)13-28-33)21-12-27-8-7-25(21)34-6/h7-13,16,19H,14-15H2,1-6H3. The molecule has 1 aliphatic rings. The van der Waals surface area contributed by atoms with Gasteiger partial charge in [0.1, 0.15) is 5.75 Å². The van der Waals surface area contributed by atoms with E-state index in [2.05, 4.69) is 54.9 Å². The van der Waals surface area contributed by atoms with Crippen LogP contribution in [0.3, 0.4) is 0 Å². The summed E-state index contributed by atoms with van der Waals surface area (Å²) in [6.07, 6.45) is 5.38. The van der Waals surface area contributed by atoms with Gasteiger partial charge in [-0.25, -0.2) is 9.67 Å². The minimum absolute atomic E-state index is 0.310. The molecule has 0 bridgehead atoms. The molecular formula is C26H31N7O. The van der Waals surface area contributed by atoms with E-state index < -0.39 is 0 Å². The number of hydrogen-bond acceptors (Lipinski definition) is 7. The van der Waals surface area contributed by atoms with Crippen LogP contribution in [0.1, 0.15) is 31.2 Å². The zero-order valence-corrected chi connectivity index (χ0v) is 20.6. The Morgan fingerprint density at radius 2 is 1.88 bits per heavy atom. The monoisotopic (exact) mass is 457 g/mol. The highest BCUT2D eigenvalue weighted by Crippen LogP contribution is 2.33. The van der Waals surface area contributed by atoms with E-state index in [0.717, 1.165) is 58.2 Å². The van der Waals surface area contributed by atoms with Crippen LogP contribution in [0.25, 0.3) is 28.0 Å². The van der Waals surface area contributed by atoms with Crippen molar-refractivity contribution in [3.8, 4) is 22.8 Å². The lowest BCUT2D eigenvalue weighted by Gasteiger charge is -2.44. The summed E-state index contributed by atoms with van der Waals surface area (Å²) in [7, 11) is 5.94. The molecule has 0 saturated carbocycles. The van der Waals surface area contributed by atoms with Crippen molar-refractivity contribution in [2.45, 2.75) is 32.7 Å². The maximum atomic E-state index is 5.55. The highest BCUT2D eigenvalue weighted by Gasteiger charge is 2.29. The number of aromatic nitrogens is 5. The molecule has 8 heteroatoms. The van der Waals surface area contributed by atoms with Gasteiger partial charge in [-0.2, -0.15) is 5.10 Å². The van der Waals surface area contributed by atoms with Crippen molar-refractivity contribution in [3.63, 3.8) is 0 Å². The Hall–Kier alpha value is -3.52. The third-order valence-corrected chi connectivity index (χ3v) is 6.62. The van der Waals surface area contributed by atoms with Crippen LogP contribution in [0.5, 0.6) is 5.75 Å². The van der Waals surface area contributed by atoms with Crippen LogP contribution in [-0.2, 0) is 0 Å². The molecule has 0 aliphatic carbocycles. The van der Waals surface area contributed by atoms with Gasteiger partial charge in [0.2, 0.25) is 0 Å². The maximum Gasteiger partial charge on any atom is 0.156 e. The third kappa shape index (κ3) is 3.88. The van der Waals surface area contributed by atoms with Crippen molar-refractivity contribution < 1.29 is 4.74 Å². The summed E-state index contributed by atoms with van der Waals surface area (Å²) in [6.45, 7) is 8.39. The van der Waals surface area contributed by atoms with E-state index in [1.807, 2.05) is 29.9 Å². The number of anilines is 1. The molecule has 176 valence electrons. The molecule has 8 nitrogen and oxygen atoms in total. The van der Waals surface area contributed by atoms with E-state index in [1.165, 1.54) is 5.69 Å². The van der Waals surface area contributed by atoms with E-state index in [0.29, 0.717) is 12.0 Å². The average molecular weight is 458 g/mol. The lowest BCUT2D eigenvalue weighted by atomic mass is 10.0. The molecule has 0 aromatic carbocycles. The Labute approximate surface area is 200 Å². The molecular weight excluding hydrogens is 426 g/mol. The number of aryl methyl sites for hydroxylation is 1. The first kappa shape index (κ1) is 22.3. The third-order valence-electron chi connectivity index (χ3n) is 6.62. The summed E-state index contributed by atoms with van der Waals surface area (Å²) in [6, 6.07) is 8.83. The van der Waals surface area contributed by atoms with Crippen LogP contribution in [0, 0.1) is 6.92 Å². The fourth-order valence-electron chi connectivity index (χ4n) is 4.35. The predicted octanol–water partition coefficient (Wildman–Crippen LogP) is 4.07. The van der Waals surface area contributed by atoms with Crippen LogP contribution in [0.2, 0.25) is 0 Å². The molecule has 4 aromatic heterocycles. The highest BCUT2D eigenvalue weighted by molar-refractivity contribution is 5.86. The number of hydrogen-bond donors (Lipinski definition) is 0. The van der Waals surface area contributed by atoms with Crippen LogP contribution in [0.4, 0.5) is 5.69 Å². The first-order valence-corrected chi connectivity index (χ1v) is 11.6. The van der Waals surface area contributed by atoms with Crippen LogP contribution in [-0.4, -0.2) is 70.0 Å². The summed E-state index contributed by atoms with van der Waals surface area (Å²) in [5, 5.41) is 5.73. The number of pyridine rings is 3. The zero-order valence-electron chi connectivity index (χ0n) is 20.6.